The van der Waals surface area contributed by atoms with Crippen LogP contribution in [0, 0.1) is 0 Å². The number of benzene rings is 3. The minimum Gasteiger partial charge on any atom is -0.496 e. The number of carbonyl (C=O) groups is 2. The zero-order chi connectivity index (χ0) is 32.8. The van der Waals surface area contributed by atoms with Crippen LogP contribution in [0.2, 0.25) is 0 Å². The fourth-order valence-electron chi connectivity index (χ4n) is 5.61. The molecule has 2 atom stereocenters. The minimum atomic E-state index is -3.68. The summed E-state index contributed by atoms with van der Waals surface area (Å²) >= 11 is 0. The summed E-state index contributed by atoms with van der Waals surface area (Å²) in [4.78, 5) is 26.2. The van der Waals surface area contributed by atoms with E-state index < -0.39 is 28.7 Å². The number of carbonyl (C=O) groups excluding carboxylic acids is 1. The van der Waals surface area contributed by atoms with E-state index in [2.05, 4.69) is 5.32 Å². The van der Waals surface area contributed by atoms with Gasteiger partial charge >= 0.3 is 5.97 Å². The molecule has 1 aliphatic carbocycles. The third kappa shape index (κ3) is 6.88. The number of nitrogens with zero attached hydrogens (tertiary/aromatic N) is 1. The Morgan fingerprint density at radius 3 is 2.35 bits per heavy atom. The number of hydrogen-bond acceptors (Lipinski definition) is 7. The van der Waals surface area contributed by atoms with Crippen molar-refractivity contribution >= 4 is 39.1 Å². The van der Waals surface area contributed by atoms with Crippen LogP contribution in [0.15, 0.2) is 107 Å². The number of amides is 1. The molecule has 0 spiro atoms. The van der Waals surface area contributed by atoms with Gasteiger partial charge in [-0.15, -0.1) is 0 Å². The van der Waals surface area contributed by atoms with E-state index in [9.17, 15) is 23.8 Å². The maximum Gasteiger partial charge on any atom is 0.326 e. The Labute approximate surface area is 269 Å². The van der Waals surface area contributed by atoms with E-state index in [1.807, 2.05) is 37.3 Å². The Morgan fingerprint density at radius 2 is 1.70 bits per heavy atom. The van der Waals surface area contributed by atoms with Crippen LogP contribution in [-0.4, -0.2) is 69.6 Å². The van der Waals surface area contributed by atoms with Crippen molar-refractivity contribution < 1.29 is 38.0 Å². The first-order valence-electron chi connectivity index (χ1n) is 14.8. The molecule has 1 aliphatic rings. The van der Waals surface area contributed by atoms with Gasteiger partial charge in [0.05, 0.1) is 30.2 Å². The van der Waals surface area contributed by atoms with E-state index >= 15 is 0 Å². The standard InChI is InChI=1S/C35H38N2O8S/c1-4-45-22-24-19-31(43-2)33(32(20-24)44-3)25-16-14-23(15-17-25)18-28(35(39)40)36-34(38)30-21-26-10-8-9-13-29(26)37(30)46(41,42)27-11-6-5-7-12-27/h5-17,19,21,28,32,41-42H,4,18,20,22H2,1-3H3,(H,36,38)(H,39,40). The predicted molar refractivity (Wildman–Crippen MR) is 178 cm³/mol. The summed E-state index contributed by atoms with van der Waals surface area (Å²) in [6.45, 7) is 3.04. The fraction of sp³-hybridized carbons (Fsp3) is 0.257. The SMILES string of the molecule is CCOCC1=CC(OC)=C(c2ccc(CC(NC(=O)c3cc4ccccc4n3S(O)(O)c3ccccc3)C(=O)O)cc2)C(OC)C1. The summed E-state index contributed by atoms with van der Waals surface area (Å²) in [7, 11) is -0.424. The molecule has 0 radical (unpaired) electrons. The third-order valence-corrected chi connectivity index (χ3v) is 9.69. The quantitative estimate of drug-likeness (QED) is 0.131. The number of carboxylic acid groups (broad SMARTS) is 1. The second-order valence-electron chi connectivity index (χ2n) is 10.8. The van der Waals surface area contributed by atoms with E-state index in [0.717, 1.165) is 16.7 Å². The molecule has 0 aliphatic heterocycles. The number of nitrogens with one attached hydrogen (secondary N) is 1. The number of ether oxygens (including phenoxy) is 3. The second kappa shape index (κ2) is 14.4. The summed E-state index contributed by atoms with van der Waals surface area (Å²) in [6.07, 6.45) is 2.37. The van der Waals surface area contributed by atoms with Crippen LogP contribution in [-0.2, 0) is 25.4 Å². The minimum absolute atomic E-state index is 0.00118. The molecule has 5 rings (SSSR count). The summed E-state index contributed by atoms with van der Waals surface area (Å²) in [5.41, 5.74) is 3.86. The largest absolute Gasteiger partial charge is 0.496 e. The van der Waals surface area contributed by atoms with Gasteiger partial charge < -0.3 is 24.6 Å². The van der Waals surface area contributed by atoms with E-state index in [-0.39, 0.29) is 23.1 Å². The van der Waals surface area contributed by atoms with Crippen LogP contribution in [0.25, 0.3) is 16.5 Å². The number of carboxylic acids is 1. The van der Waals surface area contributed by atoms with Gasteiger partial charge in [0.2, 0.25) is 0 Å². The van der Waals surface area contributed by atoms with Crippen molar-refractivity contribution in [2.75, 3.05) is 27.4 Å². The number of fused-ring (bicyclic) bond motifs is 1. The highest BCUT2D eigenvalue weighted by Gasteiger charge is 2.30. The maximum atomic E-state index is 13.7. The van der Waals surface area contributed by atoms with Gasteiger partial charge in [-0.05, 0) is 54.0 Å². The molecule has 242 valence electrons. The first-order chi connectivity index (χ1) is 22.2. The monoisotopic (exact) mass is 646 g/mol. The zero-order valence-corrected chi connectivity index (χ0v) is 26.7. The van der Waals surface area contributed by atoms with Crippen molar-refractivity contribution in [1.82, 2.24) is 9.29 Å². The number of rotatable bonds is 13. The van der Waals surface area contributed by atoms with Gasteiger partial charge in [-0.2, -0.15) is 0 Å². The van der Waals surface area contributed by atoms with Gasteiger partial charge in [-0.3, -0.25) is 13.9 Å². The molecule has 1 amide bonds. The lowest BCUT2D eigenvalue weighted by Gasteiger charge is -2.35. The number of hydrogen-bond donors (Lipinski definition) is 4. The number of para-hydroxylation sites is 1. The Hall–Kier alpha value is -4.39. The average molecular weight is 647 g/mol. The van der Waals surface area contributed by atoms with E-state index in [1.54, 1.807) is 68.8 Å². The number of allylic oxidation sites excluding steroid dienone is 1. The fourth-order valence-corrected chi connectivity index (χ4v) is 7.20. The normalized spacial score (nSPS) is 16.2. The van der Waals surface area contributed by atoms with Crippen LogP contribution in [0.4, 0.5) is 0 Å². The smallest absolute Gasteiger partial charge is 0.326 e. The van der Waals surface area contributed by atoms with E-state index in [1.165, 1.54) is 10.0 Å². The highest BCUT2D eigenvalue weighted by atomic mass is 32.3. The Morgan fingerprint density at radius 1 is 1.00 bits per heavy atom. The number of aromatic nitrogens is 1. The van der Waals surface area contributed by atoms with Crippen LogP contribution in [0.3, 0.4) is 0 Å². The van der Waals surface area contributed by atoms with E-state index in [0.29, 0.717) is 41.9 Å². The number of aliphatic carboxylic acids is 1. The molecule has 4 aromatic rings. The van der Waals surface area contributed by atoms with Crippen molar-refractivity contribution in [2.24, 2.45) is 0 Å². The molecule has 2 unspecified atom stereocenters. The molecule has 3 aromatic carbocycles. The maximum absolute atomic E-state index is 13.7. The molecule has 46 heavy (non-hydrogen) atoms. The summed E-state index contributed by atoms with van der Waals surface area (Å²) in [5, 5.41) is 13.3. The van der Waals surface area contributed by atoms with Gasteiger partial charge in [0.25, 0.3) is 5.91 Å². The Kier molecular flexibility index (Phi) is 10.3. The number of methoxy groups -OCH3 is 2. The zero-order valence-electron chi connectivity index (χ0n) is 25.9. The molecule has 4 N–H and O–H groups in total. The van der Waals surface area contributed by atoms with Gasteiger partial charge in [0.15, 0.2) is 0 Å². The lowest BCUT2D eigenvalue weighted by molar-refractivity contribution is -0.139. The summed E-state index contributed by atoms with van der Waals surface area (Å²) < 4.78 is 41.0. The van der Waals surface area contributed by atoms with Crippen LogP contribution in [0.5, 0.6) is 0 Å². The predicted octanol–water partition coefficient (Wildman–Crippen LogP) is 6.38. The third-order valence-electron chi connectivity index (χ3n) is 7.89. The van der Waals surface area contributed by atoms with Crippen molar-refractivity contribution in [3.63, 3.8) is 0 Å². The van der Waals surface area contributed by atoms with Crippen LogP contribution >= 0.6 is 10.8 Å². The molecule has 1 heterocycles. The molecular formula is C35H38N2O8S. The molecule has 0 fully saturated rings. The topological polar surface area (TPSA) is 139 Å². The van der Waals surface area contributed by atoms with Crippen LogP contribution in [0.1, 0.15) is 35.0 Å². The Balaban J connectivity index is 1.40. The van der Waals surface area contributed by atoms with Gasteiger partial charge in [-0.25, -0.2) is 8.77 Å². The second-order valence-corrected chi connectivity index (χ2v) is 12.7. The molecule has 10 nitrogen and oxygen atoms in total. The Bertz CT molecular complexity index is 1760. The highest BCUT2D eigenvalue weighted by Crippen LogP contribution is 2.52. The van der Waals surface area contributed by atoms with Gasteiger partial charge in [0.1, 0.15) is 17.5 Å². The molecule has 0 saturated heterocycles. The molecular weight excluding hydrogens is 608 g/mol. The lowest BCUT2D eigenvalue weighted by atomic mass is 9.88. The van der Waals surface area contributed by atoms with E-state index in [4.69, 9.17) is 14.2 Å². The molecule has 11 heteroatoms. The molecule has 0 saturated carbocycles. The van der Waals surface area contributed by atoms with Crippen molar-refractivity contribution in [3.8, 4) is 0 Å². The first kappa shape index (κ1) is 33.0. The molecule has 1 aromatic heterocycles. The summed E-state index contributed by atoms with van der Waals surface area (Å²) in [5.74, 6) is -1.29. The van der Waals surface area contributed by atoms with Gasteiger partial charge in [0, 0.05) is 37.5 Å². The van der Waals surface area contributed by atoms with Crippen molar-refractivity contribution in [2.45, 2.75) is 36.8 Å². The van der Waals surface area contributed by atoms with Crippen LogP contribution < -0.4 is 5.32 Å². The van der Waals surface area contributed by atoms with Crippen molar-refractivity contribution in [1.29, 1.82) is 0 Å². The summed E-state index contributed by atoms with van der Waals surface area (Å²) in [6, 6.07) is 22.8. The lowest BCUT2D eigenvalue weighted by Crippen LogP contribution is -2.43. The van der Waals surface area contributed by atoms with Crippen molar-refractivity contribution in [3.05, 3.63) is 119 Å². The first-order valence-corrected chi connectivity index (χ1v) is 16.3. The highest BCUT2D eigenvalue weighted by molar-refractivity contribution is 8.23. The van der Waals surface area contributed by atoms with Gasteiger partial charge in [-0.1, -0.05) is 71.4 Å². The average Bonchev–Trinajstić information content (AvgIpc) is 3.48. The molecule has 0 bridgehead atoms.